The fraction of sp³-hybridized carbons (Fsp3) is 0.545. The van der Waals surface area contributed by atoms with Gasteiger partial charge in [-0.25, -0.2) is 18.2 Å². The minimum atomic E-state index is -2.95. The van der Waals surface area contributed by atoms with E-state index in [0.29, 0.717) is 66.3 Å². The first-order chi connectivity index (χ1) is 21.4. The summed E-state index contributed by atoms with van der Waals surface area (Å²) in [7, 11) is 5.30. The molecule has 2 saturated heterocycles. The summed E-state index contributed by atoms with van der Waals surface area (Å²) in [6, 6.07) is 5.19. The zero-order valence-corrected chi connectivity index (χ0v) is 26.8. The fourth-order valence-corrected chi connectivity index (χ4v) is 6.74. The number of aryl methyl sites for hydroxylation is 2. The number of nitrogens with zero attached hydrogens (tertiary/aromatic N) is 4. The Bertz CT molecular complexity index is 1640. The number of hydrogen-bond acceptors (Lipinski definition) is 7. The molecule has 9 nitrogen and oxygen atoms in total. The lowest BCUT2D eigenvalue weighted by Crippen LogP contribution is -2.48. The first-order valence-electron chi connectivity index (χ1n) is 15.4. The summed E-state index contributed by atoms with van der Waals surface area (Å²) < 4.78 is 56.2. The number of likely N-dealkylation sites (tertiary alicyclic amines) is 2. The van der Waals surface area contributed by atoms with Gasteiger partial charge in [0.15, 0.2) is 5.75 Å². The normalized spacial score (nSPS) is 19.3. The van der Waals surface area contributed by atoms with Crippen molar-refractivity contribution in [3.05, 3.63) is 62.8 Å². The SMILES string of the molecule is COC1(c2cc3c(N[C@H](C)c4cccc(C(F)F)c4F)nc(C)c(OC[C@H]4CCCN4C)c3n(C)c2=O)CCN(C(C)=O)CC1. The van der Waals surface area contributed by atoms with Gasteiger partial charge in [-0.1, -0.05) is 18.2 Å². The molecule has 2 fully saturated rings. The first-order valence-corrected chi connectivity index (χ1v) is 15.4. The zero-order chi connectivity index (χ0) is 32.6. The van der Waals surface area contributed by atoms with Crippen molar-refractivity contribution >= 4 is 22.6 Å². The van der Waals surface area contributed by atoms with Crippen LogP contribution >= 0.6 is 0 Å². The highest BCUT2D eigenvalue weighted by Gasteiger charge is 2.40. The van der Waals surface area contributed by atoms with Crippen LogP contribution in [0.25, 0.3) is 10.9 Å². The van der Waals surface area contributed by atoms with E-state index >= 15 is 4.39 Å². The Morgan fingerprint density at radius 1 is 1.18 bits per heavy atom. The van der Waals surface area contributed by atoms with Crippen LogP contribution in [0.1, 0.15) is 74.4 Å². The number of anilines is 1. The largest absolute Gasteiger partial charge is 0.488 e. The second-order valence-corrected chi connectivity index (χ2v) is 12.3. The summed E-state index contributed by atoms with van der Waals surface area (Å²) >= 11 is 0. The average Bonchev–Trinajstić information content (AvgIpc) is 3.42. The summed E-state index contributed by atoms with van der Waals surface area (Å²) in [5.41, 5.74) is -0.354. The van der Waals surface area contributed by atoms with Gasteiger partial charge in [0.2, 0.25) is 5.91 Å². The van der Waals surface area contributed by atoms with Gasteiger partial charge >= 0.3 is 0 Å². The Labute approximate surface area is 261 Å². The lowest BCUT2D eigenvalue weighted by molar-refractivity contribution is -0.135. The van der Waals surface area contributed by atoms with E-state index in [1.807, 2.05) is 0 Å². The maximum absolute atomic E-state index is 15.2. The monoisotopic (exact) mass is 629 g/mol. The Hall–Kier alpha value is -3.64. The first kappa shape index (κ1) is 32.7. The van der Waals surface area contributed by atoms with Gasteiger partial charge in [-0.2, -0.15) is 0 Å². The van der Waals surface area contributed by atoms with Crippen LogP contribution in [0.15, 0.2) is 29.1 Å². The maximum Gasteiger partial charge on any atom is 0.266 e. The number of aromatic nitrogens is 2. The highest BCUT2D eigenvalue weighted by Crippen LogP contribution is 2.40. The molecule has 1 aromatic carbocycles. The number of pyridine rings is 2. The maximum atomic E-state index is 15.2. The molecule has 2 aliphatic rings. The molecule has 12 heteroatoms. The van der Waals surface area contributed by atoms with Crippen molar-refractivity contribution in [3.63, 3.8) is 0 Å². The standard InChI is InChI=1S/C33H42F3N5O4/c1-19(23-10-7-11-24(27(23)34)30(35)36)37-31-25-17-26(33(44-6)12-15-41(16-13-33)21(3)42)32(43)40(5)28(25)29(20(2)38-31)45-18-22-9-8-14-39(22)4/h7,10-11,17,19,22,30H,8-9,12-16,18H2,1-6H3,(H,37,38)/t19-,22-/m1/s1. The number of amides is 1. The average molecular weight is 630 g/mol. The van der Waals surface area contributed by atoms with Crippen molar-refractivity contribution in [1.29, 1.82) is 0 Å². The van der Waals surface area contributed by atoms with Crippen LogP contribution in [-0.4, -0.2) is 71.7 Å². The van der Waals surface area contributed by atoms with Crippen LogP contribution in [0.2, 0.25) is 0 Å². The van der Waals surface area contributed by atoms with Gasteiger partial charge in [0, 0.05) is 51.2 Å². The number of piperidine rings is 1. The molecule has 244 valence electrons. The molecular formula is C33H42F3N5O4. The zero-order valence-electron chi connectivity index (χ0n) is 26.8. The van der Waals surface area contributed by atoms with Crippen molar-refractivity contribution in [1.82, 2.24) is 19.4 Å². The van der Waals surface area contributed by atoms with E-state index in [0.717, 1.165) is 25.5 Å². The smallest absolute Gasteiger partial charge is 0.266 e. The molecule has 45 heavy (non-hydrogen) atoms. The summed E-state index contributed by atoms with van der Waals surface area (Å²) in [5.74, 6) is -0.188. The molecule has 0 spiro atoms. The number of rotatable bonds is 9. The molecule has 5 rings (SSSR count). The molecule has 1 N–H and O–H groups in total. The number of hydrogen-bond donors (Lipinski definition) is 1. The summed E-state index contributed by atoms with van der Waals surface area (Å²) in [4.78, 5) is 35.0. The predicted molar refractivity (Wildman–Crippen MR) is 166 cm³/mol. The third-order valence-corrected chi connectivity index (χ3v) is 9.60. The number of benzene rings is 1. The van der Waals surface area contributed by atoms with Crippen molar-refractivity contribution in [3.8, 4) is 5.75 Å². The quantitative estimate of drug-likeness (QED) is 0.337. The number of halogens is 3. The number of carbonyl (C=O) groups is 1. The number of likely N-dealkylation sites (N-methyl/N-ethyl adjacent to an activating group) is 1. The topological polar surface area (TPSA) is 88.9 Å². The van der Waals surface area contributed by atoms with Crippen molar-refractivity contribution in [2.75, 3.05) is 45.7 Å². The van der Waals surface area contributed by atoms with Crippen molar-refractivity contribution in [2.24, 2.45) is 7.05 Å². The number of alkyl halides is 2. The lowest BCUT2D eigenvalue weighted by Gasteiger charge is -2.40. The molecule has 0 unspecified atom stereocenters. The molecule has 0 bridgehead atoms. The van der Waals surface area contributed by atoms with E-state index in [4.69, 9.17) is 14.5 Å². The highest BCUT2D eigenvalue weighted by molar-refractivity contribution is 5.95. The molecule has 2 atom stereocenters. The Morgan fingerprint density at radius 3 is 2.47 bits per heavy atom. The molecule has 0 radical (unpaired) electrons. The third-order valence-electron chi connectivity index (χ3n) is 9.60. The van der Waals surface area contributed by atoms with Crippen LogP contribution in [0.5, 0.6) is 5.75 Å². The number of ether oxygens (including phenoxy) is 2. The molecule has 4 heterocycles. The van der Waals surface area contributed by atoms with E-state index in [1.165, 1.54) is 19.1 Å². The Morgan fingerprint density at radius 2 is 1.87 bits per heavy atom. The minimum absolute atomic E-state index is 0.0379. The van der Waals surface area contributed by atoms with E-state index in [-0.39, 0.29) is 23.1 Å². The fourth-order valence-electron chi connectivity index (χ4n) is 6.74. The Balaban J connectivity index is 1.64. The number of carbonyl (C=O) groups excluding carboxylic acids is 1. The van der Waals surface area contributed by atoms with Crippen molar-refractivity contribution < 1.29 is 27.4 Å². The number of nitrogens with one attached hydrogen (secondary N) is 1. The molecule has 3 aromatic rings. The summed E-state index contributed by atoms with van der Waals surface area (Å²) in [6.45, 7) is 7.25. The molecule has 2 aromatic heterocycles. The summed E-state index contributed by atoms with van der Waals surface area (Å²) in [5, 5.41) is 3.79. The summed E-state index contributed by atoms with van der Waals surface area (Å²) in [6.07, 6.45) is -0.0335. The van der Waals surface area contributed by atoms with E-state index in [2.05, 4.69) is 17.3 Å². The van der Waals surface area contributed by atoms with Crippen molar-refractivity contribution in [2.45, 2.75) is 70.6 Å². The van der Waals surface area contributed by atoms with Gasteiger partial charge in [-0.05, 0) is 59.2 Å². The highest BCUT2D eigenvalue weighted by atomic mass is 19.3. The van der Waals surface area contributed by atoms with E-state index in [9.17, 15) is 18.4 Å². The van der Waals surface area contributed by atoms with E-state index < -0.39 is 29.4 Å². The van der Waals surface area contributed by atoms with Gasteiger partial charge in [0.1, 0.15) is 23.8 Å². The van der Waals surface area contributed by atoms with Gasteiger partial charge < -0.3 is 29.2 Å². The van der Waals surface area contributed by atoms with Crippen LogP contribution < -0.4 is 15.6 Å². The van der Waals surface area contributed by atoms with Gasteiger partial charge in [-0.3, -0.25) is 9.59 Å². The number of methoxy groups -OCH3 is 1. The predicted octanol–water partition coefficient (Wildman–Crippen LogP) is 5.45. The Kier molecular flexibility index (Phi) is 9.46. The second kappa shape index (κ2) is 13.0. The molecular weight excluding hydrogens is 587 g/mol. The van der Waals surface area contributed by atoms with E-state index in [1.54, 1.807) is 43.5 Å². The van der Waals surface area contributed by atoms with Crippen LogP contribution in [0.4, 0.5) is 19.0 Å². The third kappa shape index (κ3) is 6.14. The molecule has 2 aliphatic heterocycles. The molecule has 1 amide bonds. The molecule has 0 saturated carbocycles. The van der Waals surface area contributed by atoms with Crippen LogP contribution in [0.3, 0.4) is 0 Å². The minimum Gasteiger partial charge on any atom is -0.488 e. The van der Waals surface area contributed by atoms with Crippen LogP contribution in [0, 0.1) is 12.7 Å². The number of fused-ring (bicyclic) bond motifs is 1. The van der Waals surface area contributed by atoms with Gasteiger partial charge in [0.25, 0.3) is 12.0 Å². The second-order valence-electron chi connectivity index (χ2n) is 12.3. The van der Waals surface area contributed by atoms with Gasteiger partial charge in [0.05, 0.1) is 28.4 Å². The van der Waals surface area contributed by atoms with Gasteiger partial charge in [-0.15, -0.1) is 0 Å². The molecule has 0 aliphatic carbocycles. The lowest BCUT2D eigenvalue weighted by atomic mass is 9.84. The van der Waals surface area contributed by atoms with Crippen LogP contribution in [-0.2, 0) is 22.2 Å².